The molecule has 2 nitrogen and oxygen atoms in total. The molecule has 0 saturated heterocycles. The number of aromatic hydroxyl groups is 1. The zero-order chi connectivity index (χ0) is 13.1. The van der Waals surface area contributed by atoms with E-state index in [2.05, 4.69) is 37.2 Å². The lowest BCUT2D eigenvalue weighted by Gasteiger charge is -2.10. The van der Waals surface area contributed by atoms with Gasteiger partial charge in [-0.2, -0.15) is 0 Å². The zero-order valence-corrected chi connectivity index (χ0v) is 12.4. The molecule has 0 radical (unpaired) electrons. The van der Waals surface area contributed by atoms with Gasteiger partial charge in [0.1, 0.15) is 11.6 Å². The average Bonchev–Trinajstić information content (AvgIpc) is 2.32. The van der Waals surface area contributed by atoms with Crippen molar-refractivity contribution in [3.8, 4) is 5.75 Å². The fourth-order valence-corrected chi connectivity index (χ4v) is 2.42. The molecule has 0 atom stereocenters. The first-order valence-corrected chi connectivity index (χ1v) is 6.81. The number of hydrogen-bond acceptors (Lipinski definition) is 2. The fourth-order valence-electron chi connectivity index (χ4n) is 1.52. The van der Waals surface area contributed by atoms with Gasteiger partial charge in [-0.3, -0.25) is 0 Å². The number of rotatable bonds is 3. The minimum Gasteiger partial charge on any atom is -0.508 e. The highest BCUT2D eigenvalue weighted by molar-refractivity contribution is 9.10. The van der Waals surface area contributed by atoms with Crippen LogP contribution in [0.4, 0.5) is 10.1 Å². The Morgan fingerprint density at radius 2 is 1.89 bits per heavy atom. The second kappa shape index (κ2) is 5.71. The Hall–Kier alpha value is -1.07. The Balaban J connectivity index is 2.13. The van der Waals surface area contributed by atoms with Crippen molar-refractivity contribution < 1.29 is 9.50 Å². The van der Waals surface area contributed by atoms with Gasteiger partial charge in [-0.15, -0.1) is 0 Å². The van der Waals surface area contributed by atoms with Crippen molar-refractivity contribution in [2.45, 2.75) is 6.54 Å². The molecule has 0 aliphatic carbocycles. The van der Waals surface area contributed by atoms with Crippen LogP contribution in [0.1, 0.15) is 5.56 Å². The molecule has 0 aliphatic heterocycles. The lowest BCUT2D eigenvalue weighted by atomic mass is 10.2. The van der Waals surface area contributed by atoms with Gasteiger partial charge in [-0.1, -0.05) is 15.9 Å². The molecule has 0 fully saturated rings. The second-order valence-electron chi connectivity index (χ2n) is 3.75. The lowest BCUT2D eigenvalue weighted by molar-refractivity contribution is 0.469. The molecule has 94 valence electrons. The third-order valence-electron chi connectivity index (χ3n) is 2.44. The molecule has 0 amide bonds. The second-order valence-corrected chi connectivity index (χ2v) is 5.52. The van der Waals surface area contributed by atoms with Gasteiger partial charge in [-0.25, -0.2) is 4.39 Å². The van der Waals surface area contributed by atoms with Gasteiger partial charge in [0.15, 0.2) is 0 Å². The SMILES string of the molecule is Oc1ccc(Br)cc1CNc1ccc(F)cc1Br. The van der Waals surface area contributed by atoms with E-state index in [9.17, 15) is 9.50 Å². The van der Waals surface area contributed by atoms with E-state index in [4.69, 9.17) is 0 Å². The molecule has 18 heavy (non-hydrogen) atoms. The molecule has 0 aromatic heterocycles. The molecule has 0 heterocycles. The number of halogens is 3. The molecule has 2 N–H and O–H groups in total. The summed E-state index contributed by atoms with van der Waals surface area (Å²) in [5.41, 5.74) is 1.54. The average molecular weight is 375 g/mol. The summed E-state index contributed by atoms with van der Waals surface area (Å²) in [6, 6.07) is 9.65. The van der Waals surface area contributed by atoms with Crippen LogP contribution >= 0.6 is 31.9 Å². The minimum absolute atomic E-state index is 0.226. The molecular weight excluding hydrogens is 365 g/mol. The maximum atomic E-state index is 12.9. The van der Waals surface area contributed by atoms with Gasteiger partial charge >= 0.3 is 0 Å². The first kappa shape index (κ1) is 13.4. The number of anilines is 1. The van der Waals surface area contributed by atoms with Crippen LogP contribution in [0, 0.1) is 5.82 Å². The van der Waals surface area contributed by atoms with Crippen LogP contribution in [0.5, 0.6) is 5.75 Å². The summed E-state index contributed by atoms with van der Waals surface area (Å²) in [7, 11) is 0. The van der Waals surface area contributed by atoms with E-state index >= 15 is 0 Å². The first-order chi connectivity index (χ1) is 8.56. The highest BCUT2D eigenvalue weighted by atomic mass is 79.9. The summed E-state index contributed by atoms with van der Waals surface area (Å²) in [4.78, 5) is 0. The third-order valence-corrected chi connectivity index (χ3v) is 3.59. The van der Waals surface area contributed by atoms with Crippen LogP contribution < -0.4 is 5.32 Å². The Bertz CT molecular complexity index is 575. The summed E-state index contributed by atoms with van der Waals surface area (Å²) >= 11 is 6.63. The van der Waals surface area contributed by atoms with Crippen molar-refractivity contribution in [3.05, 3.63) is 56.7 Å². The van der Waals surface area contributed by atoms with Crippen molar-refractivity contribution in [2.75, 3.05) is 5.32 Å². The molecule has 0 bridgehead atoms. The number of benzene rings is 2. The van der Waals surface area contributed by atoms with E-state index < -0.39 is 0 Å². The standard InChI is InChI=1S/C13H10Br2FNO/c14-9-1-4-13(18)8(5-9)7-17-12-3-2-10(16)6-11(12)15/h1-6,17-18H,7H2. The van der Waals surface area contributed by atoms with E-state index in [0.29, 0.717) is 11.0 Å². The largest absolute Gasteiger partial charge is 0.508 e. The quantitative estimate of drug-likeness (QED) is 0.818. The van der Waals surface area contributed by atoms with Gasteiger partial charge in [0.05, 0.1) is 0 Å². The third kappa shape index (κ3) is 3.23. The lowest BCUT2D eigenvalue weighted by Crippen LogP contribution is -2.00. The van der Waals surface area contributed by atoms with Crippen LogP contribution in [0.15, 0.2) is 45.3 Å². The number of nitrogens with one attached hydrogen (secondary N) is 1. The fraction of sp³-hybridized carbons (Fsp3) is 0.0769. The molecule has 2 aromatic rings. The Labute approximate surface area is 121 Å². The van der Waals surface area contributed by atoms with E-state index in [1.807, 2.05) is 6.07 Å². The maximum Gasteiger partial charge on any atom is 0.124 e. The van der Waals surface area contributed by atoms with Gasteiger partial charge in [0.2, 0.25) is 0 Å². The minimum atomic E-state index is -0.294. The first-order valence-electron chi connectivity index (χ1n) is 5.22. The summed E-state index contributed by atoms with van der Waals surface area (Å²) in [5.74, 6) is -0.0679. The van der Waals surface area contributed by atoms with Gasteiger partial charge in [-0.05, 0) is 52.3 Å². The summed E-state index contributed by atoms with van der Waals surface area (Å²) in [6.45, 7) is 0.454. The smallest absolute Gasteiger partial charge is 0.124 e. The van der Waals surface area contributed by atoms with Crippen molar-refractivity contribution in [1.29, 1.82) is 0 Å². The molecule has 0 aliphatic rings. The summed E-state index contributed by atoms with van der Waals surface area (Å²) in [5, 5.41) is 12.8. The van der Waals surface area contributed by atoms with Crippen LogP contribution in [-0.2, 0) is 6.54 Å². The van der Waals surface area contributed by atoms with E-state index in [1.165, 1.54) is 12.1 Å². The Morgan fingerprint density at radius 1 is 1.11 bits per heavy atom. The highest BCUT2D eigenvalue weighted by Crippen LogP contribution is 2.26. The van der Waals surface area contributed by atoms with Gasteiger partial charge < -0.3 is 10.4 Å². The Kier molecular flexibility index (Phi) is 4.24. The van der Waals surface area contributed by atoms with Gasteiger partial charge in [0, 0.05) is 26.7 Å². The zero-order valence-electron chi connectivity index (χ0n) is 9.25. The predicted octanol–water partition coefficient (Wildman–Crippen LogP) is 4.67. The molecule has 2 rings (SSSR count). The number of phenolic OH excluding ortho intramolecular Hbond substituents is 1. The molecule has 0 spiro atoms. The molecule has 0 unspecified atom stereocenters. The van der Waals surface area contributed by atoms with Crippen LogP contribution in [0.2, 0.25) is 0 Å². The predicted molar refractivity (Wildman–Crippen MR) is 77.2 cm³/mol. The van der Waals surface area contributed by atoms with Crippen molar-refractivity contribution in [1.82, 2.24) is 0 Å². The van der Waals surface area contributed by atoms with Crippen LogP contribution in [0.25, 0.3) is 0 Å². The molecule has 5 heteroatoms. The summed E-state index contributed by atoms with van der Waals surface area (Å²) in [6.07, 6.45) is 0. The molecule has 2 aromatic carbocycles. The van der Waals surface area contributed by atoms with Gasteiger partial charge in [0.25, 0.3) is 0 Å². The number of hydrogen-bond donors (Lipinski definition) is 2. The highest BCUT2D eigenvalue weighted by Gasteiger charge is 2.04. The Morgan fingerprint density at radius 3 is 2.61 bits per heavy atom. The maximum absolute atomic E-state index is 12.9. The molecular formula is C13H10Br2FNO. The van der Waals surface area contributed by atoms with Crippen molar-refractivity contribution in [2.24, 2.45) is 0 Å². The normalized spacial score (nSPS) is 10.4. The van der Waals surface area contributed by atoms with E-state index in [0.717, 1.165) is 15.7 Å². The van der Waals surface area contributed by atoms with E-state index in [-0.39, 0.29) is 11.6 Å². The molecule has 0 saturated carbocycles. The van der Waals surface area contributed by atoms with Crippen molar-refractivity contribution >= 4 is 37.5 Å². The summed E-state index contributed by atoms with van der Waals surface area (Å²) < 4.78 is 14.5. The monoisotopic (exact) mass is 373 g/mol. The van der Waals surface area contributed by atoms with Crippen molar-refractivity contribution in [3.63, 3.8) is 0 Å². The van der Waals surface area contributed by atoms with E-state index in [1.54, 1.807) is 18.2 Å². The topological polar surface area (TPSA) is 32.3 Å². The van der Waals surface area contributed by atoms with Crippen LogP contribution in [0.3, 0.4) is 0 Å². The number of phenols is 1. The van der Waals surface area contributed by atoms with Crippen LogP contribution in [-0.4, -0.2) is 5.11 Å².